The molecule has 0 fully saturated rings. The van der Waals surface area contributed by atoms with Crippen LogP contribution in [0.5, 0.6) is 0 Å². The van der Waals surface area contributed by atoms with E-state index in [9.17, 15) is 9.50 Å². The highest BCUT2D eigenvalue weighted by Crippen LogP contribution is 2.32. The summed E-state index contributed by atoms with van der Waals surface area (Å²) in [6, 6.07) is 6.72. The molecule has 4 aromatic rings. The molecule has 4 aromatic heterocycles. The van der Waals surface area contributed by atoms with Crippen molar-refractivity contribution in [1.29, 1.82) is 0 Å². The van der Waals surface area contributed by atoms with Crippen LogP contribution in [0, 0.1) is 19.7 Å². The second kappa shape index (κ2) is 7.46. The molecule has 4 rings (SSSR count). The van der Waals surface area contributed by atoms with E-state index in [1.165, 1.54) is 6.07 Å². The molecule has 2 N–H and O–H groups in total. The standard InChI is InChI=1S/C22H23FN6O/c1-13-9-17(21(25-10-13)19-15(23)6-5-14(2)26-19)27-16-7-8-24-18-11-29(28-20(16)18)12-22(3,4)30/h5-11,27,30H,12H2,1-4H3. The van der Waals surface area contributed by atoms with Crippen LogP contribution in [0.4, 0.5) is 15.8 Å². The van der Waals surface area contributed by atoms with Gasteiger partial charge in [-0.25, -0.2) is 9.37 Å². The van der Waals surface area contributed by atoms with Gasteiger partial charge in [-0.15, -0.1) is 0 Å². The molecule has 0 saturated heterocycles. The van der Waals surface area contributed by atoms with Crippen molar-refractivity contribution in [2.45, 2.75) is 39.8 Å². The van der Waals surface area contributed by atoms with Crippen molar-refractivity contribution in [1.82, 2.24) is 24.7 Å². The molecule has 0 aliphatic rings. The zero-order valence-corrected chi connectivity index (χ0v) is 17.3. The Morgan fingerprint density at radius 1 is 1.10 bits per heavy atom. The molecule has 0 unspecified atom stereocenters. The van der Waals surface area contributed by atoms with E-state index in [1.54, 1.807) is 49.3 Å². The summed E-state index contributed by atoms with van der Waals surface area (Å²) in [4.78, 5) is 13.2. The molecule has 7 nitrogen and oxygen atoms in total. The first-order chi connectivity index (χ1) is 14.2. The largest absolute Gasteiger partial charge is 0.389 e. The topological polar surface area (TPSA) is 88.8 Å². The van der Waals surface area contributed by atoms with Gasteiger partial charge in [0.25, 0.3) is 0 Å². The molecular weight excluding hydrogens is 383 g/mol. The fourth-order valence-corrected chi connectivity index (χ4v) is 3.25. The Hall–Kier alpha value is -3.39. The molecule has 154 valence electrons. The number of aliphatic hydroxyl groups is 1. The minimum absolute atomic E-state index is 0.190. The highest BCUT2D eigenvalue weighted by Gasteiger charge is 2.18. The normalized spacial score (nSPS) is 11.8. The van der Waals surface area contributed by atoms with E-state index in [-0.39, 0.29) is 5.69 Å². The van der Waals surface area contributed by atoms with Gasteiger partial charge in [-0.05, 0) is 57.5 Å². The second-order valence-electron chi connectivity index (χ2n) is 8.05. The van der Waals surface area contributed by atoms with Gasteiger partial charge in [0.1, 0.15) is 22.4 Å². The summed E-state index contributed by atoms with van der Waals surface area (Å²) in [5.41, 5.74) is 3.99. The third kappa shape index (κ3) is 4.13. The number of fused-ring (bicyclic) bond motifs is 1. The molecule has 0 bridgehead atoms. The number of halogens is 1. The van der Waals surface area contributed by atoms with Gasteiger partial charge in [-0.1, -0.05) is 0 Å². The number of rotatable bonds is 5. The average Bonchev–Trinajstić information content (AvgIpc) is 3.06. The first-order valence-corrected chi connectivity index (χ1v) is 9.61. The number of aryl methyl sites for hydroxylation is 2. The summed E-state index contributed by atoms with van der Waals surface area (Å²) in [5.74, 6) is -0.436. The van der Waals surface area contributed by atoms with Crippen LogP contribution in [0.3, 0.4) is 0 Å². The summed E-state index contributed by atoms with van der Waals surface area (Å²) in [6.45, 7) is 7.51. The van der Waals surface area contributed by atoms with Crippen molar-refractivity contribution >= 4 is 22.4 Å². The summed E-state index contributed by atoms with van der Waals surface area (Å²) < 4.78 is 16.2. The van der Waals surface area contributed by atoms with Crippen LogP contribution in [0.1, 0.15) is 25.1 Å². The molecule has 4 heterocycles. The van der Waals surface area contributed by atoms with E-state index in [1.807, 2.05) is 19.9 Å². The van der Waals surface area contributed by atoms with Crippen molar-refractivity contribution in [3.05, 3.63) is 59.9 Å². The van der Waals surface area contributed by atoms with Gasteiger partial charge in [-0.2, -0.15) is 5.10 Å². The Morgan fingerprint density at radius 3 is 2.67 bits per heavy atom. The Balaban J connectivity index is 1.79. The first-order valence-electron chi connectivity index (χ1n) is 9.61. The summed E-state index contributed by atoms with van der Waals surface area (Å²) >= 11 is 0. The van der Waals surface area contributed by atoms with Crippen molar-refractivity contribution < 1.29 is 9.50 Å². The SMILES string of the molecule is Cc1cnc(-c2nc(C)ccc2F)c(Nc2ccnc3cn(CC(C)(C)O)nc23)c1. The zero-order valence-electron chi connectivity index (χ0n) is 17.3. The number of hydrogen-bond acceptors (Lipinski definition) is 6. The van der Waals surface area contributed by atoms with Gasteiger partial charge in [0, 0.05) is 18.1 Å². The molecule has 0 saturated carbocycles. The summed E-state index contributed by atoms with van der Waals surface area (Å²) in [6.07, 6.45) is 5.15. The van der Waals surface area contributed by atoms with E-state index in [0.29, 0.717) is 40.3 Å². The van der Waals surface area contributed by atoms with Gasteiger partial charge in [0.15, 0.2) is 5.82 Å². The minimum Gasteiger partial charge on any atom is -0.389 e. The van der Waals surface area contributed by atoms with Crippen LogP contribution in [-0.4, -0.2) is 35.4 Å². The second-order valence-corrected chi connectivity index (χ2v) is 8.05. The van der Waals surface area contributed by atoms with E-state index in [2.05, 4.69) is 25.4 Å². The third-order valence-electron chi connectivity index (χ3n) is 4.50. The predicted molar refractivity (Wildman–Crippen MR) is 114 cm³/mol. The van der Waals surface area contributed by atoms with Crippen LogP contribution < -0.4 is 5.32 Å². The number of nitrogens with one attached hydrogen (secondary N) is 1. The molecule has 0 radical (unpaired) electrons. The number of pyridine rings is 3. The van der Waals surface area contributed by atoms with Crippen LogP contribution in [0.15, 0.2) is 42.9 Å². The molecule has 30 heavy (non-hydrogen) atoms. The van der Waals surface area contributed by atoms with E-state index >= 15 is 0 Å². The summed E-state index contributed by atoms with van der Waals surface area (Å²) in [5, 5.41) is 18.0. The lowest BCUT2D eigenvalue weighted by Crippen LogP contribution is -2.26. The fraction of sp³-hybridized carbons (Fsp3) is 0.273. The van der Waals surface area contributed by atoms with Crippen molar-refractivity contribution in [2.75, 3.05) is 5.32 Å². The molecule has 8 heteroatoms. The number of aromatic nitrogens is 5. The molecule has 0 aromatic carbocycles. The third-order valence-corrected chi connectivity index (χ3v) is 4.50. The van der Waals surface area contributed by atoms with E-state index in [4.69, 9.17) is 0 Å². The molecule has 0 amide bonds. The monoisotopic (exact) mass is 406 g/mol. The molecular formula is C22H23FN6O. The van der Waals surface area contributed by atoms with E-state index in [0.717, 1.165) is 5.56 Å². The maximum Gasteiger partial charge on any atom is 0.151 e. The van der Waals surface area contributed by atoms with Crippen LogP contribution in [0.2, 0.25) is 0 Å². The average molecular weight is 406 g/mol. The lowest BCUT2D eigenvalue weighted by molar-refractivity contribution is 0.0580. The highest BCUT2D eigenvalue weighted by molar-refractivity contribution is 5.91. The number of hydrogen-bond donors (Lipinski definition) is 2. The zero-order chi connectivity index (χ0) is 21.5. The van der Waals surface area contributed by atoms with Gasteiger partial charge in [-0.3, -0.25) is 14.6 Å². The van der Waals surface area contributed by atoms with Crippen molar-refractivity contribution in [3.63, 3.8) is 0 Å². The molecule has 0 spiro atoms. The molecule has 0 atom stereocenters. The number of nitrogens with zero attached hydrogens (tertiary/aromatic N) is 5. The van der Waals surface area contributed by atoms with Crippen LogP contribution >= 0.6 is 0 Å². The highest BCUT2D eigenvalue weighted by atomic mass is 19.1. The van der Waals surface area contributed by atoms with Crippen LogP contribution in [0.25, 0.3) is 22.4 Å². The van der Waals surface area contributed by atoms with Gasteiger partial charge in [0.05, 0.1) is 29.7 Å². The quantitative estimate of drug-likeness (QED) is 0.517. The smallest absolute Gasteiger partial charge is 0.151 e. The molecule has 0 aliphatic carbocycles. The van der Waals surface area contributed by atoms with Crippen LogP contribution in [-0.2, 0) is 6.54 Å². The Morgan fingerprint density at radius 2 is 1.90 bits per heavy atom. The van der Waals surface area contributed by atoms with Gasteiger partial charge in [0.2, 0.25) is 0 Å². The summed E-state index contributed by atoms with van der Waals surface area (Å²) in [7, 11) is 0. The van der Waals surface area contributed by atoms with Crippen molar-refractivity contribution in [3.8, 4) is 11.4 Å². The Bertz CT molecular complexity index is 1230. The lowest BCUT2D eigenvalue weighted by Gasteiger charge is -2.16. The maximum atomic E-state index is 14.5. The fourth-order valence-electron chi connectivity index (χ4n) is 3.25. The maximum absolute atomic E-state index is 14.5. The first kappa shape index (κ1) is 19.9. The number of anilines is 2. The van der Waals surface area contributed by atoms with Gasteiger partial charge >= 0.3 is 0 Å². The Labute approximate surface area is 173 Å². The minimum atomic E-state index is -0.905. The van der Waals surface area contributed by atoms with Crippen molar-refractivity contribution in [2.24, 2.45) is 0 Å². The van der Waals surface area contributed by atoms with Gasteiger partial charge < -0.3 is 10.4 Å². The Kier molecular flexibility index (Phi) is 4.95. The molecule has 0 aliphatic heterocycles. The van der Waals surface area contributed by atoms with E-state index < -0.39 is 11.4 Å². The lowest BCUT2D eigenvalue weighted by atomic mass is 10.1. The predicted octanol–water partition coefficient (Wildman–Crippen LogP) is 4.16.